The molecule has 1 saturated carbocycles. The van der Waals surface area contributed by atoms with Gasteiger partial charge in [0, 0.05) is 18.8 Å². The Morgan fingerprint density at radius 1 is 1.26 bits per heavy atom. The smallest absolute Gasteiger partial charge is 0.304 e. The van der Waals surface area contributed by atoms with Gasteiger partial charge in [-0.05, 0) is 18.8 Å². The van der Waals surface area contributed by atoms with E-state index in [-0.39, 0.29) is 38.0 Å². The first-order valence-electron chi connectivity index (χ1n) is 6.51. The molecule has 1 fully saturated rings. The summed E-state index contributed by atoms with van der Waals surface area (Å²) in [6, 6.07) is 0. The Balaban J connectivity index is 2.13. The molecule has 0 heterocycles. The maximum absolute atomic E-state index is 13.2. The predicted octanol–water partition coefficient (Wildman–Crippen LogP) is 2.76. The average Bonchev–Trinajstić information content (AvgIpc) is 2.31. The van der Waals surface area contributed by atoms with Crippen LogP contribution in [-0.4, -0.2) is 27.7 Å². The fraction of sp³-hybridized carbons (Fsp3) is 0.643. The fourth-order valence-electron chi connectivity index (χ4n) is 3.05. The number of rotatable bonds is 3. The van der Waals surface area contributed by atoms with Gasteiger partial charge >= 0.3 is 5.97 Å². The summed E-state index contributed by atoms with van der Waals surface area (Å²) in [6.07, 6.45) is 6.34. The van der Waals surface area contributed by atoms with E-state index < -0.39 is 23.4 Å². The third-order valence-corrected chi connectivity index (χ3v) is 4.18. The van der Waals surface area contributed by atoms with E-state index in [0.717, 1.165) is 0 Å². The van der Waals surface area contributed by atoms with Crippen molar-refractivity contribution in [3.8, 4) is 0 Å². The van der Waals surface area contributed by atoms with Gasteiger partial charge in [0.25, 0.3) is 0 Å². The van der Waals surface area contributed by atoms with Crippen molar-refractivity contribution in [1.82, 2.24) is 0 Å². The van der Waals surface area contributed by atoms with Crippen molar-refractivity contribution in [2.24, 2.45) is 11.8 Å². The molecule has 0 amide bonds. The lowest BCUT2D eigenvalue weighted by atomic mass is 9.67. The molecule has 2 atom stereocenters. The number of carbonyl (C=O) groups is 1. The van der Waals surface area contributed by atoms with E-state index in [1.54, 1.807) is 24.3 Å². The Labute approximate surface area is 110 Å². The molecule has 2 aliphatic rings. The summed E-state index contributed by atoms with van der Waals surface area (Å²) >= 11 is 0. The van der Waals surface area contributed by atoms with Crippen LogP contribution < -0.4 is 0 Å². The minimum atomic E-state index is -2.65. The van der Waals surface area contributed by atoms with E-state index in [2.05, 4.69) is 0 Å². The van der Waals surface area contributed by atoms with Crippen molar-refractivity contribution in [1.29, 1.82) is 0 Å². The predicted molar refractivity (Wildman–Crippen MR) is 65.9 cm³/mol. The van der Waals surface area contributed by atoms with Crippen LogP contribution >= 0.6 is 0 Å². The topological polar surface area (TPSA) is 57.5 Å². The Hall–Kier alpha value is -1.23. The van der Waals surface area contributed by atoms with E-state index in [1.165, 1.54) is 0 Å². The summed E-state index contributed by atoms with van der Waals surface area (Å²) in [5, 5.41) is 19.6. The standard InChI is InChI=1S/C14H18F2O3/c15-13(16)7-4-10(5-8-13)14(19)6-2-1-3-11(14)9-12(17)18/h1-3,6,10-11,19H,4-5,7-9H2,(H,17,18)/t11?,14-/m0/s1. The second kappa shape index (κ2) is 5.04. The zero-order chi connectivity index (χ0) is 14.1. The van der Waals surface area contributed by atoms with Gasteiger partial charge in [-0.15, -0.1) is 0 Å². The molecule has 3 nitrogen and oxygen atoms in total. The molecule has 0 aromatic carbocycles. The van der Waals surface area contributed by atoms with Crippen molar-refractivity contribution in [3.05, 3.63) is 24.3 Å². The molecule has 0 aliphatic heterocycles. The summed E-state index contributed by atoms with van der Waals surface area (Å²) in [6.45, 7) is 0. The van der Waals surface area contributed by atoms with Gasteiger partial charge in [-0.2, -0.15) is 0 Å². The molecular weight excluding hydrogens is 254 g/mol. The third kappa shape index (κ3) is 3.03. The third-order valence-electron chi connectivity index (χ3n) is 4.18. The largest absolute Gasteiger partial charge is 0.481 e. The normalized spacial score (nSPS) is 34.4. The Morgan fingerprint density at radius 2 is 1.89 bits per heavy atom. The molecule has 106 valence electrons. The molecule has 2 N–H and O–H groups in total. The van der Waals surface area contributed by atoms with Crippen molar-refractivity contribution in [2.45, 2.75) is 43.6 Å². The van der Waals surface area contributed by atoms with Gasteiger partial charge in [-0.25, -0.2) is 8.78 Å². The number of hydrogen-bond acceptors (Lipinski definition) is 2. The molecule has 0 aromatic rings. The van der Waals surface area contributed by atoms with Crippen LogP contribution in [0.5, 0.6) is 0 Å². The summed E-state index contributed by atoms with van der Waals surface area (Å²) in [7, 11) is 0. The van der Waals surface area contributed by atoms with Gasteiger partial charge in [-0.1, -0.05) is 24.3 Å². The maximum atomic E-state index is 13.2. The van der Waals surface area contributed by atoms with Crippen LogP contribution in [-0.2, 0) is 4.79 Å². The van der Waals surface area contributed by atoms with Crippen molar-refractivity contribution < 1.29 is 23.8 Å². The first kappa shape index (κ1) is 14.2. The van der Waals surface area contributed by atoms with Crippen molar-refractivity contribution >= 4 is 5.97 Å². The molecule has 0 aromatic heterocycles. The van der Waals surface area contributed by atoms with Crippen molar-refractivity contribution in [3.63, 3.8) is 0 Å². The Kier molecular flexibility index (Phi) is 3.76. The molecule has 0 radical (unpaired) electrons. The second-order valence-corrected chi connectivity index (χ2v) is 5.47. The van der Waals surface area contributed by atoms with Crippen LogP contribution in [0, 0.1) is 11.8 Å². The van der Waals surface area contributed by atoms with E-state index >= 15 is 0 Å². The minimum absolute atomic E-state index is 0.190. The molecular formula is C14H18F2O3. The highest BCUT2D eigenvalue weighted by Gasteiger charge is 2.47. The first-order chi connectivity index (χ1) is 8.83. The summed E-state index contributed by atoms with van der Waals surface area (Å²) < 4.78 is 26.3. The van der Waals surface area contributed by atoms with Crippen molar-refractivity contribution in [2.75, 3.05) is 0 Å². The van der Waals surface area contributed by atoms with Gasteiger partial charge < -0.3 is 10.2 Å². The van der Waals surface area contributed by atoms with E-state index in [1.807, 2.05) is 0 Å². The van der Waals surface area contributed by atoms with E-state index in [0.29, 0.717) is 0 Å². The van der Waals surface area contributed by atoms with Crippen LogP contribution in [0.15, 0.2) is 24.3 Å². The molecule has 2 aliphatic carbocycles. The van der Waals surface area contributed by atoms with Gasteiger partial charge in [0.2, 0.25) is 5.92 Å². The summed E-state index contributed by atoms with van der Waals surface area (Å²) in [5.74, 6) is -4.50. The molecule has 0 bridgehead atoms. The highest BCUT2D eigenvalue weighted by Crippen LogP contribution is 2.45. The molecule has 0 saturated heterocycles. The quantitative estimate of drug-likeness (QED) is 0.830. The molecule has 2 rings (SSSR count). The first-order valence-corrected chi connectivity index (χ1v) is 6.51. The lowest BCUT2D eigenvalue weighted by molar-refractivity contribution is -0.141. The highest BCUT2D eigenvalue weighted by atomic mass is 19.3. The lowest BCUT2D eigenvalue weighted by Crippen LogP contribution is -2.47. The number of alkyl halides is 2. The zero-order valence-corrected chi connectivity index (χ0v) is 10.6. The number of hydrogen-bond donors (Lipinski definition) is 2. The maximum Gasteiger partial charge on any atom is 0.304 e. The average molecular weight is 272 g/mol. The number of aliphatic hydroxyl groups is 1. The second-order valence-electron chi connectivity index (χ2n) is 5.47. The number of carboxylic acid groups (broad SMARTS) is 1. The van der Waals surface area contributed by atoms with E-state index in [9.17, 15) is 18.7 Å². The molecule has 19 heavy (non-hydrogen) atoms. The van der Waals surface area contributed by atoms with Crippen LogP contribution in [0.25, 0.3) is 0 Å². The molecule has 0 spiro atoms. The van der Waals surface area contributed by atoms with Gasteiger partial charge in [0.05, 0.1) is 12.0 Å². The number of aliphatic carboxylic acids is 1. The highest BCUT2D eigenvalue weighted by molar-refractivity contribution is 5.67. The van der Waals surface area contributed by atoms with Gasteiger partial charge in [0.1, 0.15) is 0 Å². The van der Waals surface area contributed by atoms with Crippen LogP contribution in [0.1, 0.15) is 32.1 Å². The number of allylic oxidation sites excluding steroid dienone is 2. The van der Waals surface area contributed by atoms with Crippen LogP contribution in [0.4, 0.5) is 8.78 Å². The fourth-order valence-corrected chi connectivity index (χ4v) is 3.05. The zero-order valence-electron chi connectivity index (χ0n) is 10.6. The number of carboxylic acids is 1. The SMILES string of the molecule is O=C(O)CC1C=CC=C[C@]1(O)C1CCC(F)(F)CC1. The summed E-state index contributed by atoms with van der Waals surface area (Å²) in [5.41, 5.74) is -1.32. The van der Waals surface area contributed by atoms with Crippen LogP contribution in [0.3, 0.4) is 0 Å². The van der Waals surface area contributed by atoms with Gasteiger partial charge in [0.15, 0.2) is 0 Å². The lowest BCUT2D eigenvalue weighted by Gasteiger charge is -2.43. The molecule has 5 heteroatoms. The Bertz CT molecular complexity index is 407. The number of halogens is 2. The van der Waals surface area contributed by atoms with Crippen LogP contribution in [0.2, 0.25) is 0 Å². The van der Waals surface area contributed by atoms with E-state index in [4.69, 9.17) is 5.11 Å². The minimum Gasteiger partial charge on any atom is -0.481 e. The Morgan fingerprint density at radius 3 is 2.47 bits per heavy atom. The monoisotopic (exact) mass is 272 g/mol. The molecule has 1 unspecified atom stereocenters. The summed E-state index contributed by atoms with van der Waals surface area (Å²) in [4.78, 5) is 10.9. The van der Waals surface area contributed by atoms with Gasteiger partial charge in [-0.3, -0.25) is 4.79 Å².